The van der Waals surface area contributed by atoms with Gasteiger partial charge in [-0.15, -0.1) is 0 Å². The lowest BCUT2D eigenvalue weighted by molar-refractivity contribution is -0.132. The Morgan fingerprint density at radius 1 is 0.921 bits per heavy atom. The zero-order chi connectivity index (χ0) is 26.5. The molecule has 0 radical (unpaired) electrons. The van der Waals surface area contributed by atoms with Gasteiger partial charge in [0, 0.05) is 69.0 Å². The van der Waals surface area contributed by atoms with Crippen molar-refractivity contribution in [2.24, 2.45) is 0 Å². The third-order valence-electron chi connectivity index (χ3n) is 7.36. The number of aromatic amines is 1. The van der Waals surface area contributed by atoms with Crippen LogP contribution in [0, 0.1) is 6.92 Å². The number of anilines is 1. The van der Waals surface area contributed by atoms with Gasteiger partial charge in [0.1, 0.15) is 6.04 Å². The number of nitrogens with zero attached hydrogens (tertiary/aromatic N) is 3. The van der Waals surface area contributed by atoms with Crippen molar-refractivity contribution >= 4 is 28.5 Å². The van der Waals surface area contributed by atoms with E-state index in [9.17, 15) is 9.59 Å². The van der Waals surface area contributed by atoms with Gasteiger partial charge in [-0.05, 0) is 35.7 Å². The van der Waals surface area contributed by atoms with E-state index in [-0.39, 0.29) is 11.9 Å². The number of benzene rings is 3. The maximum absolute atomic E-state index is 13.7. The van der Waals surface area contributed by atoms with E-state index in [4.69, 9.17) is 0 Å². The van der Waals surface area contributed by atoms with Gasteiger partial charge in [-0.25, -0.2) is 4.79 Å². The van der Waals surface area contributed by atoms with Gasteiger partial charge in [-0.1, -0.05) is 66.7 Å². The van der Waals surface area contributed by atoms with Crippen LogP contribution >= 0.6 is 0 Å². The number of aryl methyl sites for hydroxylation is 1. The number of rotatable bonds is 7. The van der Waals surface area contributed by atoms with Crippen LogP contribution in [0.25, 0.3) is 10.9 Å². The van der Waals surface area contributed by atoms with E-state index in [1.54, 1.807) is 11.9 Å². The van der Waals surface area contributed by atoms with Gasteiger partial charge in [0.05, 0.1) is 0 Å². The number of H-pyrrole nitrogens is 1. The standard InChI is InChI=1S/C31H35N5O2/c1-23-10-6-9-15-29(23)35-16-18-36(19-17-35)31(38)33-28(20-25-21-32-27-14-8-7-13-26(25)27)30(37)34(2)22-24-11-4-3-5-12-24/h3-15,21,28,32H,16-20,22H2,1-2H3,(H,33,38). The van der Waals surface area contributed by atoms with Crippen LogP contribution in [0.15, 0.2) is 85.1 Å². The zero-order valence-corrected chi connectivity index (χ0v) is 22.1. The van der Waals surface area contributed by atoms with Crippen LogP contribution in [0.3, 0.4) is 0 Å². The van der Waals surface area contributed by atoms with Crippen molar-refractivity contribution < 1.29 is 9.59 Å². The summed E-state index contributed by atoms with van der Waals surface area (Å²) >= 11 is 0. The summed E-state index contributed by atoms with van der Waals surface area (Å²) in [4.78, 5) is 36.2. The lowest BCUT2D eigenvalue weighted by Crippen LogP contribution is -2.56. The van der Waals surface area contributed by atoms with E-state index in [1.807, 2.05) is 77.8 Å². The molecule has 3 amide bonds. The number of likely N-dealkylation sites (N-methyl/N-ethyl adjacent to an activating group) is 1. The molecule has 0 spiro atoms. The normalized spacial score (nSPS) is 14.4. The molecule has 7 nitrogen and oxygen atoms in total. The molecular weight excluding hydrogens is 474 g/mol. The SMILES string of the molecule is Cc1ccccc1N1CCN(C(=O)NC(Cc2c[nH]c3ccccc23)C(=O)N(C)Cc2ccccc2)CC1. The Bertz CT molecular complexity index is 1390. The average Bonchev–Trinajstić information content (AvgIpc) is 3.36. The third kappa shape index (κ3) is 5.67. The van der Waals surface area contributed by atoms with Crippen LogP contribution in [0.4, 0.5) is 10.5 Å². The Hall–Kier alpha value is -4.26. The van der Waals surface area contributed by atoms with E-state index in [1.165, 1.54) is 11.3 Å². The van der Waals surface area contributed by atoms with Gasteiger partial charge in [0.2, 0.25) is 5.91 Å². The summed E-state index contributed by atoms with van der Waals surface area (Å²) < 4.78 is 0. The molecule has 1 saturated heterocycles. The van der Waals surface area contributed by atoms with Gasteiger partial charge in [-0.3, -0.25) is 4.79 Å². The topological polar surface area (TPSA) is 71.7 Å². The lowest BCUT2D eigenvalue weighted by atomic mass is 10.0. The summed E-state index contributed by atoms with van der Waals surface area (Å²) in [5.41, 5.74) is 5.52. The first kappa shape index (κ1) is 25.4. The Labute approximate surface area is 224 Å². The Kier molecular flexibility index (Phi) is 7.63. The molecule has 1 unspecified atom stereocenters. The fourth-order valence-electron chi connectivity index (χ4n) is 5.23. The van der Waals surface area contributed by atoms with Crippen molar-refractivity contribution in [3.05, 3.63) is 102 Å². The summed E-state index contributed by atoms with van der Waals surface area (Å²) in [6.07, 6.45) is 2.35. The second-order valence-electron chi connectivity index (χ2n) is 10.0. The average molecular weight is 510 g/mol. The smallest absolute Gasteiger partial charge is 0.318 e. The number of hydrogen-bond acceptors (Lipinski definition) is 3. The van der Waals surface area contributed by atoms with Crippen LogP contribution in [-0.4, -0.2) is 66.0 Å². The van der Waals surface area contributed by atoms with E-state index in [0.717, 1.165) is 35.1 Å². The number of fused-ring (bicyclic) bond motifs is 1. The molecule has 2 N–H and O–H groups in total. The molecule has 1 atom stereocenters. The molecule has 7 heteroatoms. The summed E-state index contributed by atoms with van der Waals surface area (Å²) in [5.74, 6) is -0.106. The highest BCUT2D eigenvalue weighted by molar-refractivity contribution is 5.89. The number of hydrogen-bond donors (Lipinski definition) is 2. The highest BCUT2D eigenvalue weighted by atomic mass is 16.2. The lowest BCUT2D eigenvalue weighted by Gasteiger charge is -2.37. The fraction of sp³-hybridized carbons (Fsp3) is 0.290. The maximum atomic E-state index is 13.7. The second kappa shape index (κ2) is 11.4. The number of para-hydroxylation sites is 2. The highest BCUT2D eigenvalue weighted by Gasteiger charge is 2.29. The molecule has 4 aromatic rings. The Morgan fingerprint density at radius 3 is 2.37 bits per heavy atom. The Balaban J connectivity index is 1.29. The van der Waals surface area contributed by atoms with Gasteiger partial charge in [0.25, 0.3) is 0 Å². The van der Waals surface area contributed by atoms with E-state index in [2.05, 4.69) is 34.3 Å². The molecule has 5 rings (SSSR count). The molecule has 3 aromatic carbocycles. The van der Waals surface area contributed by atoms with Crippen molar-refractivity contribution in [3.63, 3.8) is 0 Å². The largest absolute Gasteiger partial charge is 0.368 e. The molecule has 1 aliphatic heterocycles. The molecule has 1 fully saturated rings. The molecule has 0 bridgehead atoms. The quantitative estimate of drug-likeness (QED) is 0.383. The number of aromatic nitrogens is 1. The van der Waals surface area contributed by atoms with Gasteiger partial charge in [0.15, 0.2) is 0 Å². The van der Waals surface area contributed by atoms with Gasteiger partial charge < -0.3 is 25.0 Å². The number of amides is 3. The zero-order valence-electron chi connectivity index (χ0n) is 22.1. The number of nitrogens with one attached hydrogen (secondary N) is 2. The predicted octanol–water partition coefficient (Wildman–Crippen LogP) is 4.58. The molecule has 1 aromatic heterocycles. The van der Waals surface area contributed by atoms with Crippen molar-refractivity contribution in [2.45, 2.75) is 25.9 Å². The number of carbonyl (C=O) groups is 2. The van der Waals surface area contributed by atoms with Gasteiger partial charge >= 0.3 is 6.03 Å². The van der Waals surface area contributed by atoms with Crippen molar-refractivity contribution in [1.82, 2.24) is 20.1 Å². The van der Waals surface area contributed by atoms with E-state index < -0.39 is 6.04 Å². The molecule has 2 heterocycles. The summed E-state index contributed by atoms with van der Waals surface area (Å²) in [7, 11) is 1.80. The first-order valence-corrected chi connectivity index (χ1v) is 13.2. The number of piperazine rings is 1. The first-order chi connectivity index (χ1) is 18.5. The minimum atomic E-state index is -0.676. The van der Waals surface area contributed by atoms with Crippen molar-refractivity contribution in [3.8, 4) is 0 Å². The van der Waals surface area contributed by atoms with Crippen LogP contribution < -0.4 is 10.2 Å². The van der Waals surface area contributed by atoms with Crippen LogP contribution in [0.5, 0.6) is 0 Å². The maximum Gasteiger partial charge on any atom is 0.318 e. The predicted molar refractivity (Wildman–Crippen MR) is 152 cm³/mol. The van der Waals surface area contributed by atoms with Crippen molar-refractivity contribution in [2.75, 3.05) is 38.1 Å². The molecule has 0 aliphatic carbocycles. The number of urea groups is 1. The second-order valence-corrected chi connectivity index (χ2v) is 10.0. The van der Waals surface area contributed by atoms with E-state index in [0.29, 0.717) is 26.1 Å². The van der Waals surface area contributed by atoms with Crippen LogP contribution in [0.2, 0.25) is 0 Å². The fourth-order valence-corrected chi connectivity index (χ4v) is 5.23. The molecular formula is C31H35N5O2. The Morgan fingerprint density at radius 2 is 1.61 bits per heavy atom. The van der Waals surface area contributed by atoms with E-state index >= 15 is 0 Å². The molecule has 1 aliphatic rings. The number of carbonyl (C=O) groups excluding carboxylic acids is 2. The summed E-state index contributed by atoms with van der Waals surface area (Å²) in [6.45, 7) is 5.32. The third-order valence-corrected chi connectivity index (χ3v) is 7.36. The van der Waals surface area contributed by atoms with Gasteiger partial charge in [-0.2, -0.15) is 0 Å². The minimum absolute atomic E-state index is 0.106. The summed E-state index contributed by atoms with van der Waals surface area (Å²) in [5, 5.41) is 4.15. The summed E-state index contributed by atoms with van der Waals surface area (Å²) in [6, 6.07) is 25.4. The van der Waals surface area contributed by atoms with Crippen molar-refractivity contribution in [1.29, 1.82) is 0 Å². The first-order valence-electron chi connectivity index (χ1n) is 13.2. The minimum Gasteiger partial charge on any atom is -0.368 e. The molecule has 38 heavy (non-hydrogen) atoms. The monoisotopic (exact) mass is 509 g/mol. The molecule has 0 saturated carbocycles. The molecule has 196 valence electrons. The highest BCUT2D eigenvalue weighted by Crippen LogP contribution is 2.22. The van der Waals surface area contributed by atoms with Crippen LogP contribution in [-0.2, 0) is 17.8 Å². The van der Waals surface area contributed by atoms with Crippen LogP contribution in [0.1, 0.15) is 16.7 Å².